The molecular weight excluding hydrogens is 464 g/mol. The summed E-state index contributed by atoms with van der Waals surface area (Å²) < 4.78 is 2.68. The molecule has 1 heterocycles. The Hall–Kier alpha value is -3.94. The van der Waals surface area contributed by atoms with E-state index in [1.807, 2.05) is 11.3 Å². The third-order valence-electron chi connectivity index (χ3n) is 7.35. The van der Waals surface area contributed by atoms with Crippen LogP contribution in [-0.4, -0.2) is 0 Å². The Morgan fingerprint density at radius 1 is 0.595 bits per heavy atom. The van der Waals surface area contributed by atoms with Gasteiger partial charge >= 0.3 is 0 Å². The highest BCUT2D eigenvalue weighted by Gasteiger charge is 2.14. The van der Waals surface area contributed by atoms with Crippen molar-refractivity contribution in [2.24, 2.45) is 0 Å². The molecule has 0 amide bonds. The molecule has 0 nitrogen and oxygen atoms in total. The van der Waals surface area contributed by atoms with Gasteiger partial charge in [-0.05, 0) is 64.8 Å². The predicted molar refractivity (Wildman–Crippen MR) is 162 cm³/mol. The molecule has 0 spiro atoms. The average Bonchev–Trinajstić information content (AvgIpc) is 3.33. The van der Waals surface area contributed by atoms with Crippen LogP contribution >= 0.6 is 11.3 Å². The molecule has 0 aliphatic heterocycles. The van der Waals surface area contributed by atoms with Gasteiger partial charge in [0.05, 0.1) is 0 Å². The van der Waals surface area contributed by atoms with Crippen molar-refractivity contribution in [2.75, 3.05) is 0 Å². The molecule has 37 heavy (non-hydrogen) atoms. The molecule has 6 rings (SSSR count). The first-order chi connectivity index (χ1) is 18.2. The topological polar surface area (TPSA) is 0 Å². The van der Waals surface area contributed by atoms with Crippen LogP contribution in [0.25, 0.3) is 25.7 Å². The minimum atomic E-state index is 0.408. The molecule has 0 fully saturated rings. The van der Waals surface area contributed by atoms with E-state index >= 15 is 0 Å². The number of hydrogen-bond acceptors (Lipinski definition) is 1. The van der Waals surface area contributed by atoms with Gasteiger partial charge in [0, 0.05) is 26.1 Å². The van der Waals surface area contributed by atoms with Crippen LogP contribution in [0.1, 0.15) is 40.2 Å². The van der Waals surface area contributed by atoms with E-state index in [0.717, 1.165) is 19.3 Å². The van der Waals surface area contributed by atoms with Crippen LogP contribution in [0.15, 0.2) is 134 Å². The standard InChI is InChI=1S/C36H30S/c1-26(31-21-23-34-33-14-8-9-15-35(33)37-36(34)25-31)24-28-18-16-27(17-19-28)20-22-32(29-10-4-2-5-11-29)30-12-6-3-7-13-30/h2-19,21,23,25,32H,1,20,22,24H2. The van der Waals surface area contributed by atoms with E-state index in [2.05, 4.69) is 134 Å². The fourth-order valence-corrected chi connectivity index (χ4v) is 6.47. The van der Waals surface area contributed by atoms with Crippen LogP contribution in [-0.2, 0) is 12.8 Å². The Morgan fingerprint density at radius 3 is 1.89 bits per heavy atom. The molecule has 0 saturated carbocycles. The smallest absolute Gasteiger partial charge is 0.0361 e. The van der Waals surface area contributed by atoms with E-state index in [9.17, 15) is 0 Å². The van der Waals surface area contributed by atoms with Gasteiger partial charge in [0.15, 0.2) is 0 Å². The first-order valence-corrected chi connectivity index (χ1v) is 13.8. The zero-order chi connectivity index (χ0) is 25.0. The first-order valence-electron chi connectivity index (χ1n) is 13.0. The minimum Gasteiger partial charge on any atom is -0.135 e. The molecule has 0 saturated heterocycles. The van der Waals surface area contributed by atoms with E-state index in [4.69, 9.17) is 0 Å². The number of thiophene rings is 1. The second-order valence-corrected chi connectivity index (χ2v) is 10.9. The minimum absolute atomic E-state index is 0.408. The van der Waals surface area contributed by atoms with Crippen molar-refractivity contribution in [3.8, 4) is 0 Å². The molecular formula is C36H30S. The van der Waals surface area contributed by atoms with Gasteiger partial charge in [0.1, 0.15) is 0 Å². The van der Waals surface area contributed by atoms with Gasteiger partial charge in [-0.2, -0.15) is 0 Å². The summed E-state index contributed by atoms with van der Waals surface area (Å²) in [6, 6.07) is 46.4. The number of rotatable bonds is 8. The van der Waals surface area contributed by atoms with E-state index in [1.54, 1.807) is 0 Å². The van der Waals surface area contributed by atoms with Crippen molar-refractivity contribution >= 4 is 37.1 Å². The molecule has 0 aliphatic carbocycles. The summed E-state index contributed by atoms with van der Waals surface area (Å²) in [6.45, 7) is 4.43. The normalized spacial score (nSPS) is 11.4. The lowest BCUT2D eigenvalue weighted by atomic mass is 9.86. The zero-order valence-corrected chi connectivity index (χ0v) is 21.8. The fourth-order valence-electron chi connectivity index (χ4n) is 5.33. The molecule has 0 radical (unpaired) electrons. The Bertz CT molecular complexity index is 1600. The highest BCUT2D eigenvalue weighted by atomic mass is 32.1. The summed E-state index contributed by atoms with van der Waals surface area (Å²) in [4.78, 5) is 0. The largest absolute Gasteiger partial charge is 0.135 e. The van der Waals surface area contributed by atoms with Gasteiger partial charge in [0.2, 0.25) is 0 Å². The van der Waals surface area contributed by atoms with Gasteiger partial charge in [-0.15, -0.1) is 11.3 Å². The molecule has 0 atom stereocenters. The van der Waals surface area contributed by atoms with Crippen molar-refractivity contribution in [1.82, 2.24) is 0 Å². The van der Waals surface area contributed by atoms with Crippen LogP contribution in [0, 0.1) is 0 Å². The lowest BCUT2D eigenvalue weighted by Gasteiger charge is -2.18. The Morgan fingerprint density at radius 2 is 1.19 bits per heavy atom. The molecule has 0 unspecified atom stereocenters. The van der Waals surface area contributed by atoms with Gasteiger partial charge in [-0.3, -0.25) is 0 Å². The van der Waals surface area contributed by atoms with Gasteiger partial charge in [-0.25, -0.2) is 0 Å². The van der Waals surface area contributed by atoms with Crippen LogP contribution in [0.5, 0.6) is 0 Å². The van der Waals surface area contributed by atoms with Crippen LogP contribution in [0.4, 0.5) is 0 Å². The predicted octanol–water partition coefficient (Wildman–Crippen LogP) is 10.1. The molecule has 180 valence electrons. The lowest BCUT2D eigenvalue weighted by molar-refractivity contribution is 0.715. The highest BCUT2D eigenvalue weighted by Crippen LogP contribution is 2.35. The molecule has 0 bridgehead atoms. The quantitative estimate of drug-likeness (QED) is 0.197. The Kier molecular flexibility index (Phi) is 6.71. The first kappa shape index (κ1) is 23.5. The SMILES string of the molecule is C=C(Cc1ccc(CCC(c2ccccc2)c2ccccc2)cc1)c1ccc2c(c1)sc1ccccc12. The molecule has 1 aromatic heterocycles. The van der Waals surface area contributed by atoms with Crippen molar-refractivity contribution in [1.29, 1.82) is 0 Å². The average molecular weight is 495 g/mol. The molecule has 0 N–H and O–H groups in total. The number of benzene rings is 5. The summed E-state index contributed by atoms with van der Waals surface area (Å²) in [6.07, 6.45) is 3.01. The van der Waals surface area contributed by atoms with Crippen molar-refractivity contribution < 1.29 is 0 Å². The van der Waals surface area contributed by atoms with E-state index in [0.29, 0.717) is 5.92 Å². The highest BCUT2D eigenvalue weighted by molar-refractivity contribution is 7.25. The molecule has 0 aliphatic rings. The van der Waals surface area contributed by atoms with Crippen LogP contribution < -0.4 is 0 Å². The number of fused-ring (bicyclic) bond motifs is 3. The van der Waals surface area contributed by atoms with Crippen molar-refractivity contribution in [3.05, 3.63) is 162 Å². The maximum atomic E-state index is 4.43. The second kappa shape index (κ2) is 10.6. The molecule has 5 aromatic carbocycles. The third kappa shape index (κ3) is 5.14. The number of aryl methyl sites for hydroxylation is 1. The van der Waals surface area contributed by atoms with Gasteiger partial charge < -0.3 is 0 Å². The summed E-state index contributed by atoms with van der Waals surface area (Å²) in [5, 5.41) is 2.68. The summed E-state index contributed by atoms with van der Waals surface area (Å²) in [5.74, 6) is 0.408. The summed E-state index contributed by atoms with van der Waals surface area (Å²) in [7, 11) is 0. The van der Waals surface area contributed by atoms with E-state index in [-0.39, 0.29) is 0 Å². The van der Waals surface area contributed by atoms with E-state index in [1.165, 1.54) is 53.6 Å². The lowest BCUT2D eigenvalue weighted by Crippen LogP contribution is -2.03. The summed E-state index contributed by atoms with van der Waals surface area (Å²) in [5.41, 5.74) is 7.87. The third-order valence-corrected chi connectivity index (χ3v) is 8.49. The monoisotopic (exact) mass is 494 g/mol. The Balaban J connectivity index is 1.14. The molecule has 6 aromatic rings. The number of hydrogen-bond donors (Lipinski definition) is 0. The van der Waals surface area contributed by atoms with Crippen molar-refractivity contribution in [2.45, 2.75) is 25.2 Å². The summed E-state index contributed by atoms with van der Waals surface area (Å²) >= 11 is 1.86. The van der Waals surface area contributed by atoms with Gasteiger partial charge in [-0.1, -0.05) is 122 Å². The number of allylic oxidation sites excluding steroid dienone is 1. The zero-order valence-electron chi connectivity index (χ0n) is 20.9. The van der Waals surface area contributed by atoms with Crippen LogP contribution in [0.3, 0.4) is 0 Å². The maximum Gasteiger partial charge on any atom is 0.0361 e. The van der Waals surface area contributed by atoms with Gasteiger partial charge in [0.25, 0.3) is 0 Å². The maximum absolute atomic E-state index is 4.43. The molecule has 1 heteroatoms. The van der Waals surface area contributed by atoms with E-state index < -0.39 is 0 Å². The van der Waals surface area contributed by atoms with Crippen LogP contribution in [0.2, 0.25) is 0 Å². The Labute approximate surface area is 223 Å². The second-order valence-electron chi connectivity index (χ2n) is 9.82. The van der Waals surface area contributed by atoms with Crippen molar-refractivity contribution in [3.63, 3.8) is 0 Å². The fraction of sp³-hybridized carbons (Fsp3) is 0.111.